The predicted molar refractivity (Wildman–Crippen MR) is 77.3 cm³/mol. The van der Waals surface area contributed by atoms with E-state index in [0.717, 1.165) is 25.7 Å². The van der Waals surface area contributed by atoms with Gasteiger partial charge in [0.1, 0.15) is 17.2 Å². The van der Waals surface area contributed by atoms with Crippen molar-refractivity contribution >= 4 is 10.8 Å². The van der Waals surface area contributed by atoms with Gasteiger partial charge < -0.3 is 15.3 Å². The Hall–Kier alpha value is -2.30. The Bertz CT molecular complexity index is 860. The highest BCUT2D eigenvalue weighted by Gasteiger charge is 2.27. The number of nitrogens with zero attached hydrogens (tertiary/aromatic N) is 2. The van der Waals surface area contributed by atoms with Crippen molar-refractivity contribution in [2.45, 2.75) is 37.8 Å². The summed E-state index contributed by atoms with van der Waals surface area (Å²) in [7, 11) is 0. The number of aromatic hydroxyl groups is 3. The van der Waals surface area contributed by atoms with Gasteiger partial charge in [0.15, 0.2) is 0 Å². The average molecular weight is 284 g/mol. The van der Waals surface area contributed by atoms with Crippen LogP contribution in [0.3, 0.4) is 0 Å². The van der Waals surface area contributed by atoms with Crippen molar-refractivity contribution in [1.29, 1.82) is 0 Å². The van der Waals surface area contributed by atoms with E-state index in [1.807, 2.05) is 0 Å². The molecular weight excluding hydrogens is 268 g/mol. The fraction of sp³-hybridized carbons (Fsp3) is 0.375. The van der Waals surface area contributed by atoms with E-state index < -0.39 is 0 Å². The van der Waals surface area contributed by atoms with Crippen LogP contribution in [-0.4, -0.2) is 27.4 Å². The van der Waals surface area contributed by atoms with Crippen molar-refractivity contribution in [2.75, 3.05) is 0 Å². The fourth-order valence-corrected chi connectivity index (χ4v) is 3.44. The lowest BCUT2D eigenvalue weighted by Crippen LogP contribution is -2.41. The van der Waals surface area contributed by atoms with Crippen LogP contribution >= 0.6 is 0 Å². The van der Waals surface area contributed by atoms with Gasteiger partial charge in [0.25, 0.3) is 0 Å². The first-order valence-electron chi connectivity index (χ1n) is 7.27. The Morgan fingerprint density at radius 1 is 0.810 bits per heavy atom. The molecule has 21 heavy (non-hydrogen) atoms. The maximum absolute atomic E-state index is 10.2. The summed E-state index contributed by atoms with van der Waals surface area (Å²) in [6.45, 7) is 0. The van der Waals surface area contributed by atoms with Crippen LogP contribution in [0.25, 0.3) is 10.8 Å². The fourth-order valence-electron chi connectivity index (χ4n) is 3.44. The number of phenols is 3. The van der Waals surface area contributed by atoms with Crippen molar-refractivity contribution in [3.8, 4) is 17.2 Å². The third kappa shape index (κ3) is 1.77. The molecule has 1 aliphatic heterocycles. The maximum atomic E-state index is 10.2. The molecule has 5 nitrogen and oxygen atoms in total. The monoisotopic (exact) mass is 284 g/mol. The molecule has 1 fully saturated rings. The number of hydrogen-bond acceptors (Lipinski definition) is 5. The van der Waals surface area contributed by atoms with Crippen molar-refractivity contribution in [3.05, 3.63) is 28.9 Å². The first-order valence-corrected chi connectivity index (χ1v) is 7.27. The second-order valence-electron chi connectivity index (χ2n) is 5.79. The summed E-state index contributed by atoms with van der Waals surface area (Å²) >= 11 is 0. The van der Waals surface area contributed by atoms with Gasteiger partial charge in [-0.05, 0) is 25.0 Å². The molecule has 0 unspecified atom stereocenters. The largest absolute Gasteiger partial charge is 0.507 e. The van der Waals surface area contributed by atoms with Crippen molar-refractivity contribution in [2.24, 2.45) is 9.98 Å². The molecule has 1 heterocycles. The van der Waals surface area contributed by atoms with Gasteiger partial charge in [-0.3, -0.25) is 9.98 Å². The first-order chi connectivity index (χ1) is 10.1. The van der Waals surface area contributed by atoms with E-state index in [0.29, 0.717) is 16.1 Å². The number of benzene rings is 2. The summed E-state index contributed by atoms with van der Waals surface area (Å²) in [5.41, 5.74) is 0. The van der Waals surface area contributed by atoms with E-state index in [4.69, 9.17) is 9.98 Å². The number of fused-ring (bicyclic) bond motifs is 4. The second kappa shape index (κ2) is 4.35. The van der Waals surface area contributed by atoms with Gasteiger partial charge in [0, 0.05) is 6.07 Å². The molecule has 0 saturated heterocycles. The number of hydrogen-bond donors (Lipinski definition) is 3. The standard InChI is InChI=1S/C16H16N2O3/c19-11-5-6-12(20)15-14(11)13(21)7-10-16(15)18-9-4-2-1-3-8(9)17-10/h5-9,19-21H,1-4H2/t8-,9-/m0/s1. The lowest BCUT2D eigenvalue weighted by molar-refractivity contribution is 0.369. The Morgan fingerprint density at radius 3 is 2.14 bits per heavy atom. The Balaban J connectivity index is 2.15. The molecule has 0 radical (unpaired) electrons. The average Bonchev–Trinajstić information content (AvgIpc) is 2.48. The third-order valence-electron chi connectivity index (χ3n) is 4.46. The van der Waals surface area contributed by atoms with Gasteiger partial charge in [0.2, 0.25) is 0 Å². The SMILES string of the molecule is Oc1ccc(O)c2c3c(cc(O)c12)=N[C@H]1CCCC[C@@H]1N=3. The Kier molecular flexibility index (Phi) is 2.58. The van der Waals surface area contributed by atoms with Crippen LogP contribution in [0.4, 0.5) is 0 Å². The molecule has 4 rings (SSSR count). The third-order valence-corrected chi connectivity index (χ3v) is 4.46. The molecule has 3 N–H and O–H groups in total. The summed E-state index contributed by atoms with van der Waals surface area (Å²) in [5, 5.41) is 32.1. The number of rotatable bonds is 0. The summed E-state index contributed by atoms with van der Waals surface area (Å²) in [4.78, 5) is 9.47. The van der Waals surface area contributed by atoms with E-state index in [1.165, 1.54) is 18.2 Å². The van der Waals surface area contributed by atoms with E-state index in [1.54, 1.807) is 0 Å². The smallest absolute Gasteiger partial charge is 0.129 e. The van der Waals surface area contributed by atoms with Crippen molar-refractivity contribution < 1.29 is 15.3 Å². The predicted octanol–water partition coefficient (Wildman–Crippen LogP) is 1.52. The van der Waals surface area contributed by atoms with Crippen LogP contribution in [0.5, 0.6) is 17.2 Å². The summed E-state index contributed by atoms with van der Waals surface area (Å²) < 4.78 is 0. The normalized spacial score (nSPS) is 23.8. The van der Waals surface area contributed by atoms with Crippen LogP contribution in [-0.2, 0) is 0 Å². The second-order valence-corrected chi connectivity index (χ2v) is 5.79. The molecule has 1 saturated carbocycles. The maximum Gasteiger partial charge on any atom is 0.129 e. The highest BCUT2D eigenvalue weighted by molar-refractivity contribution is 5.96. The quantitative estimate of drug-likeness (QED) is 0.641. The van der Waals surface area contributed by atoms with E-state index >= 15 is 0 Å². The Morgan fingerprint density at radius 2 is 1.43 bits per heavy atom. The molecule has 0 bridgehead atoms. The summed E-state index contributed by atoms with van der Waals surface area (Å²) in [6.07, 6.45) is 4.30. The van der Waals surface area contributed by atoms with Gasteiger partial charge in [-0.15, -0.1) is 0 Å². The van der Waals surface area contributed by atoms with Gasteiger partial charge >= 0.3 is 0 Å². The van der Waals surface area contributed by atoms with Gasteiger partial charge in [0.05, 0.1) is 33.6 Å². The van der Waals surface area contributed by atoms with Crippen molar-refractivity contribution in [1.82, 2.24) is 0 Å². The van der Waals surface area contributed by atoms with E-state index in [2.05, 4.69) is 0 Å². The lowest BCUT2D eigenvalue weighted by Gasteiger charge is -2.28. The minimum absolute atomic E-state index is 0.00293. The van der Waals surface area contributed by atoms with Gasteiger partial charge in [-0.2, -0.15) is 0 Å². The van der Waals surface area contributed by atoms with Gasteiger partial charge in [-0.1, -0.05) is 12.8 Å². The van der Waals surface area contributed by atoms with E-state index in [-0.39, 0.29) is 34.7 Å². The first kappa shape index (κ1) is 12.4. The molecule has 108 valence electrons. The molecule has 0 amide bonds. The van der Waals surface area contributed by atoms with Crippen LogP contribution in [0.1, 0.15) is 25.7 Å². The molecular formula is C16H16N2O3. The highest BCUT2D eigenvalue weighted by atomic mass is 16.3. The molecule has 0 aromatic heterocycles. The summed E-state index contributed by atoms with van der Waals surface area (Å²) in [6, 6.07) is 4.63. The minimum atomic E-state index is -0.0784. The zero-order valence-electron chi connectivity index (χ0n) is 11.5. The topological polar surface area (TPSA) is 85.4 Å². The molecule has 1 aliphatic carbocycles. The molecule has 2 aromatic carbocycles. The Labute approximate surface area is 120 Å². The van der Waals surface area contributed by atoms with E-state index in [9.17, 15) is 15.3 Å². The zero-order valence-corrected chi connectivity index (χ0v) is 11.5. The van der Waals surface area contributed by atoms with Crippen LogP contribution < -0.4 is 10.7 Å². The molecule has 0 spiro atoms. The molecule has 2 aromatic rings. The van der Waals surface area contributed by atoms with Crippen LogP contribution in [0.15, 0.2) is 28.2 Å². The molecule has 2 aliphatic rings. The van der Waals surface area contributed by atoms with Crippen LogP contribution in [0, 0.1) is 0 Å². The van der Waals surface area contributed by atoms with Gasteiger partial charge in [-0.25, -0.2) is 0 Å². The van der Waals surface area contributed by atoms with Crippen molar-refractivity contribution in [3.63, 3.8) is 0 Å². The number of phenolic OH excluding ortho intramolecular Hbond substituents is 3. The minimum Gasteiger partial charge on any atom is -0.507 e. The summed E-state index contributed by atoms with van der Waals surface area (Å²) in [5.74, 6) is -0.141. The molecule has 2 atom stereocenters. The molecule has 5 heteroatoms. The van der Waals surface area contributed by atoms with Crippen LogP contribution in [0.2, 0.25) is 0 Å². The highest BCUT2D eigenvalue weighted by Crippen LogP contribution is 2.35. The lowest BCUT2D eigenvalue weighted by atomic mass is 9.90. The zero-order chi connectivity index (χ0) is 14.6.